The summed E-state index contributed by atoms with van der Waals surface area (Å²) in [6.45, 7) is 2.49. The predicted molar refractivity (Wildman–Crippen MR) is 78.0 cm³/mol. The Kier molecular flexibility index (Phi) is 4.23. The lowest BCUT2D eigenvalue weighted by atomic mass is 9.77. The van der Waals surface area contributed by atoms with Gasteiger partial charge in [-0.1, -0.05) is 48.9 Å². The van der Waals surface area contributed by atoms with Crippen LogP contribution in [0.25, 0.3) is 0 Å². The van der Waals surface area contributed by atoms with Crippen LogP contribution in [0.1, 0.15) is 18.1 Å². The summed E-state index contributed by atoms with van der Waals surface area (Å²) in [6.07, 6.45) is 0.567. The van der Waals surface area contributed by atoms with Gasteiger partial charge in [-0.15, -0.1) is 0 Å². The van der Waals surface area contributed by atoms with E-state index in [0.29, 0.717) is 23.6 Å². The molecule has 0 spiro atoms. The molecule has 2 aromatic carbocycles. The summed E-state index contributed by atoms with van der Waals surface area (Å²) in [5.41, 5.74) is 7.38. The van der Waals surface area contributed by atoms with E-state index in [-0.39, 0.29) is 11.2 Å². The van der Waals surface area contributed by atoms with Crippen LogP contribution in [0.5, 0.6) is 0 Å². The maximum absolute atomic E-state index is 13.8. The number of hydrogen-bond acceptors (Lipinski definition) is 1. The molecule has 1 atom stereocenters. The standard InChI is InChI=1S/C16H17ClFN/c1-16(11-19,13-6-8-14(17)9-7-13)10-12-4-2-3-5-15(12)18/h2-9H,10-11,19H2,1H3. The van der Waals surface area contributed by atoms with E-state index in [1.807, 2.05) is 37.3 Å². The largest absolute Gasteiger partial charge is 0.330 e. The van der Waals surface area contributed by atoms with Crippen molar-refractivity contribution in [1.82, 2.24) is 0 Å². The first-order valence-corrected chi connectivity index (χ1v) is 6.62. The maximum Gasteiger partial charge on any atom is 0.126 e. The van der Waals surface area contributed by atoms with Crippen molar-refractivity contribution in [3.05, 3.63) is 70.5 Å². The van der Waals surface area contributed by atoms with Crippen molar-refractivity contribution >= 4 is 11.6 Å². The minimum atomic E-state index is -0.299. The van der Waals surface area contributed by atoms with E-state index in [1.54, 1.807) is 12.1 Å². The molecule has 2 aromatic rings. The van der Waals surface area contributed by atoms with Crippen LogP contribution in [0.3, 0.4) is 0 Å². The summed E-state index contributed by atoms with van der Waals surface area (Å²) < 4.78 is 13.8. The van der Waals surface area contributed by atoms with Gasteiger partial charge in [0, 0.05) is 17.0 Å². The summed E-state index contributed by atoms with van der Waals surface area (Å²) >= 11 is 5.90. The third-order valence-electron chi connectivity index (χ3n) is 3.53. The minimum absolute atomic E-state index is 0.184. The molecule has 0 radical (unpaired) electrons. The fourth-order valence-electron chi connectivity index (χ4n) is 2.21. The molecule has 2 N–H and O–H groups in total. The Morgan fingerprint density at radius 2 is 1.74 bits per heavy atom. The first-order valence-electron chi connectivity index (χ1n) is 6.25. The van der Waals surface area contributed by atoms with Gasteiger partial charge < -0.3 is 5.73 Å². The van der Waals surface area contributed by atoms with Crippen molar-refractivity contribution in [2.24, 2.45) is 5.73 Å². The first-order chi connectivity index (χ1) is 9.05. The van der Waals surface area contributed by atoms with Gasteiger partial charge in [0.2, 0.25) is 0 Å². The minimum Gasteiger partial charge on any atom is -0.330 e. The van der Waals surface area contributed by atoms with Gasteiger partial charge in [0.05, 0.1) is 0 Å². The van der Waals surface area contributed by atoms with Crippen LogP contribution in [0.15, 0.2) is 48.5 Å². The fraction of sp³-hybridized carbons (Fsp3) is 0.250. The van der Waals surface area contributed by atoms with Crippen LogP contribution in [-0.4, -0.2) is 6.54 Å². The number of benzene rings is 2. The van der Waals surface area contributed by atoms with Gasteiger partial charge in [0.25, 0.3) is 0 Å². The van der Waals surface area contributed by atoms with E-state index in [2.05, 4.69) is 0 Å². The average Bonchev–Trinajstić information content (AvgIpc) is 2.42. The zero-order chi connectivity index (χ0) is 13.9. The van der Waals surface area contributed by atoms with Gasteiger partial charge in [-0.3, -0.25) is 0 Å². The molecule has 3 heteroatoms. The zero-order valence-electron chi connectivity index (χ0n) is 10.9. The van der Waals surface area contributed by atoms with Gasteiger partial charge in [-0.2, -0.15) is 0 Å². The quantitative estimate of drug-likeness (QED) is 0.900. The molecule has 2 rings (SSSR count). The van der Waals surface area contributed by atoms with Crippen LogP contribution in [0.4, 0.5) is 4.39 Å². The lowest BCUT2D eigenvalue weighted by molar-refractivity contribution is 0.467. The number of rotatable bonds is 4. The van der Waals surface area contributed by atoms with Crippen molar-refractivity contribution < 1.29 is 4.39 Å². The van der Waals surface area contributed by atoms with Crippen LogP contribution in [-0.2, 0) is 11.8 Å². The van der Waals surface area contributed by atoms with Gasteiger partial charge >= 0.3 is 0 Å². The molecule has 100 valence electrons. The third kappa shape index (κ3) is 3.14. The van der Waals surface area contributed by atoms with E-state index in [1.165, 1.54) is 6.07 Å². The number of hydrogen-bond donors (Lipinski definition) is 1. The smallest absolute Gasteiger partial charge is 0.126 e. The average molecular weight is 278 g/mol. The predicted octanol–water partition coefficient (Wildman–Crippen LogP) is 3.94. The summed E-state index contributed by atoms with van der Waals surface area (Å²) in [5.74, 6) is -0.184. The Balaban J connectivity index is 2.33. The van der Waals surface area contributed by atoms with Gasteiger partial charge in [-0.05, 0) is 35.7 Å². The zero-order valence-corrected chi connectivity index (χ0v) is 11.6. The maximum atomic E-state index is 13.8. The molecular weight excluding hydrogens is 261 g/mol. The van der Waals surface area contributed by atoms with E-state index >= 15 is 0 Å². The summed E-state index contributed by atoms with van der Waals surface area (Å²) in [5, 5.41) is 0.689. The second-order valence-electron chi connectivity index (χ2n) is 5.04. The summed E-state index contributed by atoms with van der Waals surface area (Å²) in [4.78, 5) is 0. The van der Waals surface area contributed by atoms with Gasteiger partial charge in [-0.25, -0.2) is 4.39 Å². The second-order valence-corrected chi connectivity index (χ2v) is 5.48. The Labute approximate surface area is 118 Å². The molecule has 19 heavy (non-hydrogen) atoms. The molecule has 1 nitrogen and oxygen atoms in total. The Morgan fingerprint density at radius 1 is 1.11 bits per heavy atom. The lowest BCUT2D eigenvalue weighted by Gasteiger charge is -2.29. The molecule has 1 unspecified atom stereocenters. The van der Waals surface area contributed by atoms with Crippen molar-refractivity contribution in [3.8, 4) is 0 Å². The first kappa shape index (κ1) is 14.0. The molecule has 0 amide bonds. The highest BCUT2D eigenvalue weighted by molar-refractivity contribution is 6.30. The summed E-state index contributed by atoms with van der Waals surface area (Å²) in [7, 11) is 0. The SMILES string of the molecule is CC(CN)(Cc1ccccc1F)c1ccc(Cl)cc1. The highest BCUT2D eigenvalue weighted by atomic mass is 35.5. The lowest BCUT2D eigenvalue weighted by Crippen LogP contribution is -2.34. The van der Waals surface area contributed by atoms with E-state index in [9.17, 15) is 4.39 Å². The molecule has 0 heterocycles. The Bertz CT molecular complexity index is 553. The highest BCUT2D eigenvalue weighted by Gasteiger charge is 2.26. The van der Waals surface area contributed by atoms with Gasteiger partial charge in [0.15, 0.2) is 0 Å². The topological polar surface area (TPSA) is 26.0 Å². The normalized spacial score (nSPS) is 14.1. The highest BCUT2D eigenvalue weighted by Crippen LogP contribution is 2.29. The van der Waals surface area contributed by atoms with Crippen LogP contribution >= 0.6 is 11.6 Å². The van der Waals surface area contributed by atoms with Crippen molar-refractivity contribution in [3.63, 3.8) is 0 Å². The molecule has 0 aliphatic rings. The van der Waals surface area contributed by atoms with Crippen LogP contribution in [0.2, 0.25) is 5.02 Å². The van der Waals surface area contributed by atoms with Crippen molar-refractivity contribution in [1.29, 1.82) is 0 Å². The van der Waals surface area contributed by atoms with Crippen molar-refractivity contribution in [2.75, 3.05) is 6.54 Å². The molecule has 0 aliphatic heterocycles. The van der Waals surface area contributed by atoms with E-state index in [0.717, 1.165) is 5.56 Å². The Morgan fingerprint density at radius 3 is 2.32 bits per heavy atom. The van der Waals surface area contributed by atoms with E-state index < -0.39 is 0 Å². The van der Waals surface area contributed by atoms with Crippen molar-refractivity contribution in [2.45, 2.75) is 18.8 Å². The monoisotopic (exact) mass is 277 g/mol. The molecule has 0 bridgehead atoms. The Hall–Kier alpha value is -1.38. The molecule has 0 aromatic heterocycles. The molecule has 0 saturated carbocycles. The second kappa shape index (κ2) is 5.72. The summed E-state index contributed by atoms with van der Waals surface area (Å²) in [6, 6.07) is 14.4. The van der Waals surface area contributed by atoms with Crippen LogP contribution < -0.4 is 5.73 Å². The van der Waals surface area contributed by atoms with Gasteiger partial charge in [0.1, 0.15) is 5.82 Å². The van der Waals surface area contributed by atoms with Crippen LogP contribution in [0, 0.1) is 5.82 Å². The molecular formula is C16H17ClFN. The van der Waals surface area contributed by atoms with E-state index in [4.69, 9.17) is 17.3 Å². The molecule has 0 fully saturated rings. The molecule has 0 saturated heterocycles. The number of halogens is 2. The third-order valence-corrected chi connectivity index (χ3v) is 3.78. The molecule has 0 aliphatic carbocycles. The fourth-order valence-corrected chi connectivity index (χ4v) is 2.33. The number of nitrogens with two attached hydrogens (primary N) is 1.